The Labute approximate surface area is 199 Å². The number of anilines is 1. The number of allylic oxidation sites excluding steroid dienone is 1. The van der Waals surface area contributed by atoms with Gasteiger partial charge in [-0.3, -0.25) is 14.2 Å². The molecule has 0 aliphatic rings. The third kappa shape index (κ3) is 4.77. The predicted octanol–water partition coefficient (Wildman–Crippen LogP) is 5.80. The molecule has 0 fully saturated rings. The summed E-state index contributed by atoms with van der Waals surface area (Å²) in [4.78, 5) is 31.1. The van der Waals surface area contributed by atoms with Crippen molar-refractivity contribution >= 4 is 44.9 Å². The molecule has 0 aliphatic heterocycles. The quantitative estimate of drug-likeness (QED) is 0.207. The number of halogens is 1. The van der Waals surface area contributed by atoms with Gasteiger partial charge in [-0.1, -0.05) is 48.2 Å². The van der Waals surface area contributed by atoms with E-state index in [1.54, 1.807) is 18.2 Å². The lowest BCUT2D eigenvalue weighted by Crippen LogP contribution is -2.23. The molecule has 0 aliphatic carbocycles. The molecular formula is C25H22FN3O2S2. The van der Waals surface area contributed by atoms with E-state index in [9.17, 15) is 14.0 Å². The number of nitrogens with one attached hydrogen (secondary N) is 1. The van der Waals surface area contributed by atoms with Gasteiger partial charge in [-0.2, -0.15) is 0 Å². The van der Waals surface area contributed by atoms with E-state index in [1.807, 2.05) is 24.4 Å². The molecule has 0 atom stereocenters. The Morgan fingerprint density at radius 3 is 2.76 bits per heavy atom. The maximum atomic E-state index is 13.8. The highest BCUT2D eigenvalue weighted by Crippen LogP contribution is 2.33. The second-order valence-corrected chi connectivity index (χ2v) is 9.34. The highest BCUT2D eigenvalue weighted by atomic mass is 32.2. The third-order valence-electron chi connectivity index (χ3n) is 5.27. The lowest BCUT2D eigenvalue weighted by atomic mass is 10.0. The number of hydrogen-bond donors (Lipinski definition) is 1. The summed E-state index contributed by atoms with van der Waals surface area (Å²) in [6.07, 6.45) is 1.63. The van der Waals surface area contributed by atoms with Gasteiger partial charge >= 0.3 is 0 Å². The molecule has 2 aromatic carbocycles. The zero-order chi connectivity index (χ0) is 23.5. The fraction of sp³-hybridized carbons (Fsp3) is 0.160. The monoisotopic (exact) mass is 479 g/mol. The first-order valence-corrected chi connectivity index (χ1v) is 12.1. The SMILES string of the molecule is C=CCn1c(SCC(=O)Nc2ccccc2F)nc2scc(-c3ccc(C)c(C)c3)c2c1=O. The fourth-order valence-electron chi connectivity index (χ4n) is 3.41. The fourth-order valence-corrected chi connectivity index (χ4v) is 5.20. The van der Waals surface area contributed by atoms with Crippen molar-refractivity contribution in [3.05, 3.63) is 87.8 Å². The van der Waals surface area contributed by atoms with E-state index < -0.39 is 5.82 Å². The summed E-state index contributed by atoms with van der Waals surface area (Å²) in [5.74, 6) is -0.901. The molecule has 1 amide bonds. The van der Waals surface area contributed by atoms with Crippen molar-refractivity contribution in [2.24, 2.45) is 0 Å². The number of fused-ring (bicyclic) bond motifs is 1. The maximum Gasteiger partial charge on any atom is 0.263 e. The molecule has 0 unspecified atom stereocenters. The minimum atomic E-state index is -0.503. The Balaban J connectivity index is 1.66. The molecule has 1 N–H and O–H groups in total. The van der Waals surface area contributed by atoms with E-state index >= 15 is 0 Å². The molecular weight excluding hydrogens is 457 g/mol. The minimum absolute atomic E-state index is 0.0151. The predicted molar refractivity (Wildman–Crippen MR) is 135 cm³/mol. The van der Waals surface area contributed by atoms with Crippen LogP contribution in [0.1, 0.15) is 11.1 Å². The second kappa shape index (κ2) is 9.72. The Bertz CT molecular complexity index is 1430. The van der Waals surface area contributed by atoms with Crippen molar-refractivity contribution in [3.8, 4) is 11.1 Å². The highest BCUT2D eigenvalue weighted by molar-refractivity contribution is 7.99. The van der Waals surface area contributed by atoms with Crippen LogP contribution in [0.15, 0.2) is 70.5 Å². The van der Waals surface area contributed by atoms with Gasteiger partial charge in [-0.15, -0.1) is 17.9 Å². The van der Waals surface area contributed by atoms with Gasteiger partial charge in [0.25, 0.3) is 5.56 Å². The van der Waals surface area contributed by atoms with E-state index in [0.717, 1.165) is 28.5 Å². The van der Waals surface area contributed by atoms with Gasteiger partial charge in [0.15, 0.2) is 5.16 Å². The van der Waals surface area contributed by atoms with E-state index in [1.165, 1.54) is 33.6 Å². The van der Waals surface area contributed by atoms with Crippen LogP contribution >= 0.6 is 23.1 Å². The summed E-state index contributed by atoms with van der Waals surface area (Å²) in [6, 6.07) is 12.1. The first-order valence-electron chi connectivity index (χ1n) is 10.3. The van der Waals surface area contributed by atoms with Crippen molar-refractivity contribution < 1.29 is 9.18 Å². The van der Waals surface area contributed by atoms with E-state index in [-0.39, 0.29) is 29.5 Å². The molecule has 0 bridgehead atoms. The number of amides is 1. The first-order chi connectivity index (χ1) is 15.9. The zero-order valence-electron chi connectivity index (χ0n) is 18.2. The smallest absolute Gasteiger partial charge is 0.263 e. The number of aromatic nitrogens is 2. The molecule has 33 heavy (non-hydrogen) atoms. The Morgan fingerprint density at radius 1 is 1.24 bits per heavy atom. The molecule has 2 aromatic heterocycles. The number of nitrogens with zero attached hydrogens (tertiary/aromatic N) is 2. The number of para-hydroxylation sites is 1. The number of carbonyl (C=O) groups excluding carboxylic acids is 1. The topological polar surface area (TPSA) is 64.0 Å². The van der Waals surface area contributed by atoms with Gasteiger partial charge in [0.1, 0.15) is 10.6 Å². The summed E-state index contributed by atoms with van der Waals surface area (Å²) >= 11 is 2.53. The van der Waals surface area contributed by atoms with Gasteiger partial charge in [0.2, 0.25) is 5.91 Å². The van der Waals surface area contributed by atoms with Crippen molar-refractivity contribution in [3.63, 3.8) is 0 Å². The van der Waals surface area contributed by atoms with Crippen molar-refractivity contribution in [2.45, 2.75) is 25.5 Å². The molecule has 0 spiro atoms. The van der Waals surface area contributed by atoms with Crippen LogP contribution < -0.4 is 10.9 Å². The first kappa shape index (κ1) is 22.9. The van der Waals surface area contributed by atoms with Crippen LogP contribution in [0.5, 0.6) is 0 Å². The molecule has 5 nitrogen and oxygen atoms in total. The van der Waals surface area contributed by atoms with Crippen LogP contribution in [0.2, 0.25) is 0 Å². The molecule has 4 rings (SSSR count). The normalized spacial score (nSPS) is 11.0. The number of thiophene rings is 1. The number of carbonyl (C=O) groups is 1. The van der Waals surface area contributed by atoms with Gasteiger partial charge in [-0.05, 0) is 42.7 Å². The van der Waals surface area contributed by atoms with Crippen molar-refractivity contribution in [1.29, 1.82) is 0 Å². The lowest BCUT2D eigenvalue weighted by Gasteiger charge is -2.11. The zero-order valence-corrected chi connectivity index (χ0v) is 19.9. The Hall–Kier alpha value is -3.23. The summed E-state index contributed by atoms with van der Waals surface area (Å²) < 4.78 is 15.3. The van der Waals surface area contributed by atoms with Gasteiger partial charge in [0.05, 0.1) is 16.8 Å². The molecule has 0 saturated heterocycles. The number of rotatable bonds is 7. The lowest BCUT2D eigenvalue weighted by molar-refractivity contribution is -0.113. The van der Waals surface area contributed by atoms with E-state index in [2.05, 4.69) is 29.9 Å². The Kier molecular flexibility index (Phi) is 6.76. The number of aryl methyl sites for hydroxylation is 2. The van der Waals surface area contributed by atoms with Crippen LogP contribution in [0.25, 0.3) is 21.3 Å². The van der Waals surface area contributed by atoms with Crippen molar-refractivity contribution in [2.75, 3.05) is 11.1 Å². The van der Waals surface area contributed by atoms with Gasteiger partial charge < -0.3 is 5.32 Å². The number of benzene rings is 2. The summed E-state index contributed by atoms with van der Waals surface area (Å²) in [7, 11) is 0. The summed E-state index contributed by atoms with van der Waals surface area (Å²) in [5, 5.41) is 5.48. The average molecular weight is 480 g/mol. The molecule has 2 heterocycles. The van der Waals surface area contributed by atoms with Crippen LogP contribution in [0.4, 0.5) is 10.1 Å². The van der Waals surface area contributed by atoms with Crippen LogP contribution in [-0.2, 0) is 11.3 Å². The van der Waals surface area contributed by atoms with Crippen molar-refractivity contribution in [1.82, 2.24) is 9.55 Å². The average Bonchev–Trinajstić information content (AvgIpc) is 3.22. The van der Waals surface area contributed by atoms with Crippen LogP contribution in [0.3, 0.4) is 0 Å². The van der Waals surface area contributed by atoms with E-state index in [0.29, 0.717) is 15.4 Å². The number of hydrogen-bond acceptors (Lipinski definition) is 5. The van der Waals surface area contributed by atoms with Crippen LogP contribution in [-0.4, -0.2) is 21.2 Å². The maximum absolute atomic E-state index is 13.8. The van der Waals surface area contributed by atoms with Crippen LogP contribution in [0, 0.1) is 19.7 Å². The molecule has 4 aromatic rings. The molecule has 0 saturated carbocycles. The summed E-state index contributed by atoms with van der Waals surface area (Å²) in [5.41, 5.74) is 4.10. The number of thioether (sulfide) groups is 1. The second-order valence-electron chi connectivity index (χ2n) is 7.54. The summed E-state index contributed by atoms with van der Waals surface area (Å²) in [6.45, 7) is 8.11. The largest absolute Gasteiger partial charge is 0.323 e. The third-order valence-corrected chi connectivity index (χ3v) is 7.12. The molecule has 168 valence electrons. The standard InChI is InChI=1S/C25H22FN3O2S2/c1-4-11-29-24(31)22-18(17-10-9-15(2)16(3)12-17)13-32-23(22)28-25(29)33-14-21(30)27-20-8-6-5-7-19(20)26/h4-10,12-13H,1,11,14H2,2-3H3,(H,27,30). The van der Waals surface area contributed by atoms with E-state index in [4.69, 9.17) is 0 Å². The minimum Gasteiger partial charge on any atom is -0.323 e. The molecule has 0 radical (unpaired) electrons. The van der Waals surface area contributed by atoms with Gasteiger partial charge in [-0.25, -0.2) is 9.37 Å². The molecule has 8 heteroatoms. The Morgan fingerprint density at radius 2 is 2.03 bits per heavy atom. The highest BCUT2D eigenvalue weighted by Gasteiger charge is 2.18. The van der Waals surface area contributed by atoms with Gasteiger partial charge in [0, 0.05) is 17.5 Å².